The summed E-state index contributed by atoms with van der Waals surface area (Å²) in [4.78, 5) is 3.89. The fraction of sp³-hybridized carbons (Fsp3) is 0.143. The second kappa shape index (κ2) is 5.80. The monoisotopic (exact) mass is 239 g/mol. The molecule has 0 aliphatic heterocycles. The average Bonchev–Trinajstić information content (AvgIpc) is 2.42. The second-order valence-corrected chi connectivity index (χ2v) is 3.76. The summed E-state index contributed by atoms with van der Waals surface area (Å²) in [5.41, 5.74) is 1.54. The lowest BCUT2D eigenvalue weighted by molar-refractivity contribution is 0.481. The predicted molar refractivity (Wildman–Crippen MR) is 68.2 cm³/mol. The Kier molecular flexibility index (Phi) is 3.90. The highest BCUT2D eigenvalue weighted by molar-refractivity contribution is 5.35. The van der Waals surface area contributed by atoms with Crippen molar-refractivity contribution in [2.45, 2.75) is 6.54 Å². The predicted octanol–water partition coefficient (Wildman–Crippen LogP) is 2.46. The van der Waals surface area contributed by atoms with Crippen molar-refractivity contribution in [3.8, 4) is 17.6 Å². The molecule has 0 atom stereocenters. The van der Waals surface area contributed by atoms with E-state index in [1.54, 1.807) is 18.3 Å². The van der Waals surface area contributed by atoms with Crippen molar-refractivity contribution < 1.29 is 4.74 Å². The van der Waals surface area contributed by atoms with Crippen LogP contribution in [0.4, 0.5) is 0 Å². The normalized spacial score (nSPS) is 9.78. The minimum absolute atomic E-state index is 0.347. The molecule has 0 aliphatic rings. The maximum Gasteiger partial charge on any atom is 0.144 e. The minimum Gasteiger partial charge on any atom is -0.457 e. The van der Waals surface area contributed by atoms with E-state index in [0.717, 1.165) is 12.3 Å². The molecule has 0 saturated heterocycles. The number of pyridine rings is 1. The molecule has 0 unspecified atom stereocenters. The van der Waals surface area contributed by atoms with Crippen molar-refractivity contribution in [3.05, 3.63) is 53.9 Å². The van der Waals surface area contributed by atoms with Crippen LogP contribution in [0.15, 0.2) is 42.6 Å². The lowest BCUT2D eigenvalue weighted by atomic mass is 10.2. The number of ether oxygens (including phenoxy) is 1. The van der Waals surface area contributed by atoms with E-state index in [0.29, 0.717) is 11.4 Å². The second-order valence-electron chi connectivity index (χ2n) is 3.76. The average molecular weight is 239 g/mol. The molecule has 0 aliphatic carbocycles. The number of nitrogens with one attached hydrogen (secondary N) is 1. The minimum atomic E-state index is 0.347. The molecule has 2 aromatic rings. The Hall–Kier alpha value is -2.38. The quantitative estimate of drug-likeness (QED) is 0.890. The summed E-state index contributed by atoms with van der Waals surface area (Å²) in [6, 6.07) is 13.1. The van der Waals surface area contributed by atoms with Crippen LogP contribution in [-0.2, 0) is 6.54 Å². The molecular formula is C14H13N3O. The molecule has 0 bridgehead atoms. The van der Waals surface area contributed by atoms with Crippen LogP contribution < -0.4 is 10.1 Å². The van der Waals surface area contributed by atoms with Gasteiger partial charge in [-0.2, -0.15) is 5.26 Å². The first-order chi connectivity index (χ1) is 8.81. The molecule has 0 radical (unpaired) electrons. The van der Waals surface area contributed by atoms with E-state index >= 15 is 0 Å². The smallest absolute Gasteiger partial charge is 0.144 e. The van der Waals surface area contributed by atoms with Crippen LogP contribution in [0, 0.1) is 11.3 Å². The Labute approximate surface area is 106 Å². The highest BCUT2D eigenvalue weighted by Crippen LogP contribution is 2.21. The van der Waals surface area contributed by atoms with Crippen molar-refractivity contribution in [2.75, 3.05) is 7.05 Å². The number of aromatic nitrogens is 1. The SMILES string of the molecule is CNCc1ccc(Oc2ccnc(C#N)c2)cc1. The summed E-state index contributed by atoms with van der Waals surface area (Å²) in [7, 11) is 1.91. The van der Waals surface area contributed by atoms with Gasteiger partial charge in [-0.3, -0.25) is 0 Å². The van der Waals surface area contributed by atoms with Crippen LogP contribution in [0.5, 0.6) is 11.5 Å². The van der Waals surface area contributed by atoms with Gasteiger partial charge in [0, 0.05) is 18.8 Å². The molecule has 4 nitrogen and oxygen atoms in total. The number of nitriles is 1. The van der Waals surface area contributed by atoms with E-state index < -0.39 is 0 Å². The standard InChI is InChI=1S/C14H13N3O/c1-16-10-11-2-4-13(5-3-11)18-14-6-7-17-12(8-14)9-15/h2-8,16H,10H2,1H3. The summed E-state index contributed by atoms with van der Waals surface area (Å²) in [6.07, 6.45) is 1.56. The number of nitrogens with zero attached hydrogens (tertiary/aromatic N) is 2. The van der Waals surface area contributed by atoms with Crippen LogP contribution in [0.3, 0.4) is 0 Å². The third-order valence-corrected chi connectivity index (χ3v) is 2.39. The van der Waals surface area contributed by atoms with Crippen molar-refractivity contribution in [2.24, 2.45) is 0 Å². The molecule has 0 amide bonds. The van der Waals surface area contributed by atoms with Crippen molar-refractivity contribution in [1.82, 2.24) is 10.3 Å². The van der Waals surface area contributed by atoms with E-state index in [-0.39, 0.29) is 0 Å². The lowest BCUT2D eigenvalue weighted by Crippen LogP contribution is -2.04. The molecule has 0 saturated carbocycles. The first-order valence-electron chi connectivity index (χ1n) is 5.59. The summed E-state index contributed by atoms with van der Waals surface area (Å²) in [5, 5.41) is 11.8. The highest BCUT2D eigenvalue weighted by atomic mass is 16.5. The van der Waals surface area contributed by atoms with Crippen LogP contribution in [-0.4, -0.2) is 12.0 Å². The van der Waals surface area contributed by atoms with E-state index in [1.807, 2.05) is 37.4 Å². The van der Waals surface area contributed by atoms with E-state index in [9.17, 15) is 0 Å². The van der Waals surface area contributed by atoms with Gasteiger partial charge in [0.2, 0.25) is 0 Å². The van der Waals surface area contributed by atoms with Gasteiger partial charge in [-0.05, 0) is 30.8 Å². The molecule has 0 fully saturated rings. The maximum atomic E-state index is 8.75. The molecular weight excluding hydrogens is 226 g/mol. The molecule has 90 valence electrons. The Morgan fingerprint density at radius 2 is 2.00 bits per heavy atom. The van der Waals surface area contributed by atoms with E-state index in [2.05, 4.69) is 10.3 Å². The summed E-state index contributed by atoms with van der Waals surface area (Å²) >= 11 is 0. The first-order valence-corrected chi connectivity index (χ1v) is 5.59. The zero-order valence-electron chi connectivity index (χ0n) is 10.1. The van der Waals surface area contributed by atoms with Gasteiger partial charge in [0.05, 0.1) is 0 Å². The zero-order chi connectivity index (χ0) is 12.8. The van der Waals surface area contributed by atoms with Gasteiger partial charge >= 0.3 is 0 Å². The molecule has 1 aromatic carbocycles. The van der Waals surface area contributed by atoms with Crippen molar-refractivity contribution in [3.63, 3.8) is 0 Å². The largest absolute Gasteiger partial charge is 0.457 e. The van der Waals surface area contributed by atoms with Crippen molar-refractivity contribution >= 4 is 0 Å². The maximum absolute atomic E-state index is 8.75. The van der Waals surface area contributed by atoms with Gasteiger partial charge < -0.3 is 10.1 Å². The van der Waals surface area contributed by atoms with Crippen LogP contribution in [0.2, 0.25) is 0 Å². The number of hydrogen-bond acceptors (Lipinski definition) is 4. The fourth-order valence-electron chi connectivity index (χ4n) is 1.55. The molecule has 2 rings (SSSR count). The lowest BCUT2D eigenvalue weighted by Gasteiger charge is -2.06. The molecule has 1 N–H and O–H groups in total. The van der Waals surface area contributed by atoms with Crippen LogP contribution in [0.25, 0.3) is 0 Å². The van der Waals surface area contributed by atoms with Gasteiger partial charge in [-0.15, -0.1) is 0 Å². The zero-order valence-corrected chi connectivity index (χ0v) is 10.1. The molecule has 1 heterocycles. The third-order valence-electron chi connectivity index (χ3n) is 2.39. The third kappa shape index (κ3) is 3.06. The topological polar surface area (TPSA) is 57.9 Å². The molecule has 0 spiro atoms. The fourth-order valence-corrected chi connectivity index (χ4v) is 1.55. The molecule has 1 aromatic heterocycles. The van der Waals surface area contributed by atoms with Gasteiger partial charge in [0.15, 0.2) is 0 Å². The van der Waals surface area contributed by atoms with Gasteiger partial charge in [0.1, 0.15) is 23.3 Å². The summed E-state index contributed by atoms with van der Waals surface area (Å²) < 4.78 is 5.64. The highest BCUT2D eigenvalue weighted by Gasteiger charge is 2.00. The van der Waals surface area contributed by atoms with Crippen LogP contribution >= 0.6 is 0 Å². The number of hydrogen-bond donors (Lipinski definition) is 1. The Bertz CT molecular complexity index is 558. The first kappa shape index (κ1) is 12.1. The van der Waals surface area contributed by atoms with Gasteiger partial charge in [-0.1, -0.05) is 12.1 Å². The van der Waals surface area contributed by atoms with Gasteiger partial charge in [0.25, 0.3) is 0 Å². The number of rotatable bonds is 4. The van der Waals surface area contributed by atoms with E-state index in [4.69, 9.17) is 10.00 Å². The summed E-state index contributed by atoms with van der Waals surface area (Å²) in [5.74, 6) is 1.35. The van der Waals surface area contributed by atoms with Crippen LogP contribution in [0.1, 0.15) is 11.3 Å². The van der Waals surface area contributed by atoms with Crippen molar-refractivity contribution in [1.29, 1.82) is 5.26 Å². The summed E-state index contributed by atoms with van der Waals surface area (Å²) in [6.45, 7) is 0.827. The molecule has 4 heteroatoms. The van der Waals surface area contributed by atoms with Gasteiger partial charge in [-0.25, -0.2) is 4.98 Å². The Balaban J connectivity index is 2.11. The Morgan fingerprint density at radius 3 is 2.67 bits per heavy atom. The Morgan fingerprint density at radius 1 is 1.22 bits per heavy atom. The molecule has 18 heavy (non-hydrogen) atoms. The number of benzene rings is 1. The van der Waals surface area contributed by atoms with E-state index in [1.165, 1.54) is 5.56 Å².